The summed E-state index contributed by atoms with van der Waals surface area (Å²) in [6, 6.07) is 2.61. The smallest absolute Gasteiger partial charge is 0.0788 e. The van der Waals surface area contributed by atoms with Crippen LogP contribution in [-0.2, 0) is 6.54 Å². The first-order valence-corrected chi connectivity index (χ1v) is 7.92. The zero-order chi connectivity index (χ0) is 14.8. The summed E-state index contributed by atoms with van der Waals surface area (Å²) in [5, 5.41) is 4.67. The van der Waals surface area contributed by atoms with Gasteiger partial charge in [-0.15, -0.1) is 0 Å². The van der Waals surface area contributed by atoms with Crippen molar-refractivity contribution in [3.63, 3.8) is 0 Å². The molecule has 0 radical (unpaired) electrons. The molecular formula is C15H26N4S. The minimum absolute atomic E-state index is 0.0436. The lowest BCUT2D eigenvalue weighted by Crippen LogP contribution is -2.44. The Morgan fingerprint density at radius 1 is 1.50 bits per heavy atom. The van der Waals surface area contributed by atoms with Gasteiger partial charge in [-0.3, -0.25) is 9.58 Å². The number of hydrogen-bond donors (Lipinski definition) is 1. The van der Waals surface area contributed by atoms with Crippen molar-refractivity contribution in [2.45, 2.75) is 52.6 Å². The van der Waals surface area contributed by atoms with Gasteiger partial charge in [0.25, 0.3) is 0 Å². The molecule has 4 nitrogen and oxygen atoms in total. The average molecular weight is 294 g/mol. The first-order valence-electron chi connectivity index (χ1n) is 7.51. The molecule has 1 atom stereocenters. The Kier molecular flexibility index (Phi) is 4.81. The van der Waals surface area contributed by atoms with Gasteiger partial charge in [0.2, 0.25) is 0 Å². The zero-order valence-corrected chi connectivity index (χ0v) is 13.6. The van der Waals surface area contributed by atoms with Crippen molar-refractivity contribution < 1.29 is 0 Å². The molecule has 0 saturated carbocycles. The number of piperidine rings is 1. The van der Waals surface area contributed by atoms with E-state index in [0.29, 0.717) is 11.0 Å². The summed E-state index contributed by atoms with van der Waals surface area (Å²) in [6.07, 6.45) is 5.30. The molecule has 0 amide bonds. The Morgan fingerprint density at radius 3 is 2.70 bits per heavy atom. The van der Waals surface area contributed by atoms with Crippen molar-refractivity contribution in [2.24, 2.45) is 11.1 Å². The van der Waals surface area contributed by atoms with Crippen molar-refractivity contribution in [2.75, 3.05) is 13.1 Å². The van der Waals surface area contributed by atoms with Crippen LogP contribution in [0.1, 0.15) is 51.8 Å². The number of hydrogen-bond acceptors (Lipinski definition) is 3. The van der Waals surface area contributed by atoms with E-state index in [4.69, 9.17) is 18.0 Å². The van der Waals surface area contributed by atoms with Crippen molar-refractivity contribution in [1.29, 1.82) is 0 Å². The highest BCUT2D eigenvalue weighted by molar-refractivity contribution is 7.80. The summed E-state index contributed by atoms with van der Waals surface area (Å²) in [7, 11) is 0. The van der Waals surface area contributed by atoms with Gasteiger partial charge in [-0.2, -0.15) is 5.10 Å². The molecule has 2 N–H and O–H groups in total. The number of thiocarbonyl (C=S) groups is 1. The van der Waals surface area contributed by atoms with Crippen LogP contribution in [0.15, 0.2) is 12.3 Å². The zero-order valence-electron chi connectivity index (χ0n) is 12.8. The van der Waals surface area contributed by atoms with Crippen molar-refractivity contribution in [3.8, 4) is 0 Å². The average Bonchev–Trinajstić information content (AvgIpc) is 2.89. The Morgan fingerprint density at radius 2 is 2.15 bits per heavy atom. The van der Waals surface area contributed by atoms with E-state index in [0.717, 1.165) is 44.6 Å². The highest BCUT2D eigenvalue weighted by Gasteiger charge is 2.32. The highest BCUT2D eigenvalue weighted by atomic mass is 32.1. The van der Waals surface area contributed by atoms with E-state index < -0.39 is 0 Å². The van der Waals surface area contributed by atoms with Crippen molar-refractivity contribution in [1.82, 2.24) is 14.7 Å². The van der Waals surface area contributed by atoms with Crippen LogP contribution >= 0.6 is 12.2 Å². The fourth-order valence-corrected chi connectivity index (χ4v) is 2.78. The maximum Gasteiger partial charge on any atom is 0.0788 e. The van der Waals surface area contributed by atoms with E-state index in [2.05, 4.69) is 47.7 Å². The molecule has 0 spiro atoms. The lowest BCUT2D eigenvalue weighted by atomic mass is 9.80. The van der Waals surface area contributed by atoms with Crippen LogP contribution in [-0.4, -0.2) is 32.8 Å². The van der Waals surface area contributed by atoms with Gasteiger partial charge in [-0.25, -0.2) is 0 Å². The third-order valence-electron chi connectivity index (χ3n) is 4.65. The second kappa shape index (κ2) is 6.22. The summed E-state index contributed by atoms with van der Waals surface area (Å²) in [5.41, 5.74) is 7.05. The van der Waals surface area contributed by atoms with E-state index in [-0.39, 0.29) is 5.41 Å². The number of aromatic nitrogens is 2. The summed E-state index contributed by atoms with van der Waals surface area (Å²) in [4.78, 5) is 3.11. The van der Waals surface area contributed by atoms with E-state index >= 15 is 0 Å². The van der Waals surface area contributed by atoms with Gasteiger partial charge in [0.15, 0.2) is 0 Å². The van der Waals surface area contributed by atoms with Crippen molar-refractivity contribution in [3.05, 3.63) is 18.0 Å². The topological polar surface area (TPSA) is 47.1 Å². The first kappa shape index (κ1) is 15.4. The van der Waals surface area contributed by atoms with Gasteiger partial charge >= 0.3 is 0 Å². The largest absolute Gasteiger partial charge is 0.393 e. The normalized spacial score (nSPS) is 20.8. The lowest BCUT2D eigenvalue weighted by Gasteiger charge is -2.38. The Balaban J connectivity index is 1.90. The van der Waals surface area contributed by atoms with Crippen LogP contribution in [0.3, 0.4) is 0 Å². The van der Waals surface area contributed by atoms with Crippen LogP contribution < -0.4 is 5.73 Å². The van der Waals surface area contributed by atoms with E-state index in [1.165, 1.54) is 0 Å². The molecule has 2 rings (SSSR count). The van der Waals surface area contributed by atoms with Gasteiger partial charge in [0, 0.05) is 24.2 Å². The molecule has 0 aliphatic carbocycles. The monoisotopic (exact) mass is 294 g/mol. The quantitative estimate of drug-likeness (QED) is 0.848. The molecular weight excluding hydrogens is 268 g/mol. The maximum atomic E-state index is 5.85. The minimum Gasteiger partial charge on any atom is -0.393 e. The highest BCUT2D eigenvalue weighted by Crippen LogP contribution is 2.31. The van der Waals surface area contributed by atoms with Crippen molar-refractivity contribution >= 4 is 17.2 Å². The molecule has 1 aliphatic heterocycles. The SMILES string of the molecule is CCC(C)n1ccc(CN2CCC(C)(C(N)=S)CC2)n1. The van der Waals surface area contributed by atoms with Gasteiger partial charge in [0.1, 0.15) is 0 Å². The Bertz CT molecular complexity index is 460. The van der Waals surface area contributed by atoms with E-state index in [1.54, 1.807) is 0 Å². The Labute approximate surface area is 127 Å². The summed E-state index contributed by atoms with van der Waals surface area (Å²) in [5.74, 6) is 0. The molecule has 1 aliphatic rings. The molecule has 5 heteroatoms. The van der Waals surface area contributed by atoms with Crippen LogP contribution in [0.5, 0.6) is 0 Å². The third kappa shape index (κ3) is 3.38. The summed E-state index contributed by atoms with van der Waals surface area (Å²) >= 11 is 5.19. The Hall–Kier alpha value is -0.940. The standard InChI is InChI=1S/C15H26N4S/c1-4-12(2)19-8-5-13(17-19)11-18-9-6-15(3,7-10-18)14(16)20/h5,8,12H,4,6-7,9-11H2,1-3H3,(H2,16,20). The minimum atomic E-state index is 0.0436. The molecule has 1 unspecified atom stereocenters. The van der Waals surface area contributed by atoms with Gasteiger partial charge in [-0.05, 0) is 45.3 Å². The number of likely N-dealkylation sites (tertiary alicyclic amines) is 1. The molecule has 20 heavy (non-hydrogen) atoms. The predicted octanol–water partition coefficient (Wildman–Crippen LogP) is 2.74. The maximum absolute atomic E-state index is 5.85. The number of rotatable bonds is 5. The molecule has 0 bridgehead atoms. The summed E-state index contributed by atoms with van der Waals surface area (Å²) in [6.45, 7) is 9.59. The molecule has 112 valence electrons. The van der Waals surface area contributed by atoms with Crippen LogP contribution in [0.25, 0.3) is 0 Å². The number of nitrogens with zero attached hydrogens (tertiary/aromatic N) is 3. The molecule has 1 aromatic heterocycles. The molecule has 1 aromatic rings. The van der Waals surface area contributed by atoms with Crippen LogP contribution in [0.4, 0.5) is 0 Å². The molecule has 0 aromatic carbocycles. The third-order valence-corrected chi connectivity index (χ3v) is 5.14. The molecule has 1 fully saturated rings. The summed E-state index contributed by atoms with van der Waals surface area (Å²) < 4.78 is 2.07. The van der Waals surface area contributed by atoms with Gasteiger partial charge in [-0.1, -0.05) is 26.1 Å². The lowest BCUT2D eigenvalue weighted by molar-refractivity contribution is 0.156. The fraction of sp³-hybridized carbons (Fsp3) is 0.733. The molecule has 1 saturated heterocycles. The van der Waals surface area contributed by atoms with E-state index in [1.807, 2.05) is 0 Å². The first-order chi connectivity index (χ1) is 9.44. The molecule has 2 heterocycles. The van der Waals surface area contributed by atoms with Gasteiger partial charge < -0.3 is 5.73 Å². The van der Waals surface area contributed by atoms with Crippen LogP contribution in [0, 0.1) is 5.41 Å². The fourth-order valence-electron chi connectivity index (χ4n) is 2.57. The van der Waals surface area contributed by atoms with E-state index in [9.17, 15) is 0 Å². The second-order valence-corrected chi connectivity index (χ2v) is 6.69. The second-order valence-electron chi connectivity index (χ2n) is 6.25. The number of nitrogens with two attached hydrogens (primary N) is 1. The predicted molar refractivity (Wildman–Crippen MR) is 86.6 cm³/mol. The van der Waals surface area contributed by atoms with Crippen LogP contribution in [0.2, 0.25) is 0 Å². The van der Waals surface area contributed by atoms with Gasteiger partial charge in [0.05, 0.1) is 10.7 Å².